The molecule has 1 unspecified atom stereocenters. The molecule has 2 rings (SSSR count). The van der Waals surface area contributed by atoms with Crippen molar-refractivity contribution in [2.75, 3.05) is 37.3 Å². The molecule has 1 aromatic rings. The highest BCUT2D eigenvalue weighted by atomic mass is 15.2. The normalized spacial score (nSPS) is 20.2. The van der Waals surface area contributed by atoms with Crippen molar-refractivity contribution in [3.8, 4) is 0 Å². The summed E-state index contributed by atoms with van der Waals surface area (Å²) < 4.78 is 0. The van der Waals surface area contributed by atoms with Crippen LogP contribution in [0.2, 0.25) is 0 Å². The number of nitrogens with one attached hydrogen (secondary N) is 2. The quantitative estimate of drug-likeness (QED) is 0.827. The van der Waals surface area contributed by atoms with Crippen LogP contribution in [0.4, 0.5) is 11.6 Å². The van der Waals surface area contributed by atoms with E-state index in [0.717, 1.165) is 31.1 Å². The molecule has 1 saturated heterocycles. The highest BCUT2D eigenvalue weighted by Crippen LogP contribution is 2.16. The molecule has 4 heteroatoms. The smallest absolute Gasteiger partial charge is 0.128 e. The van der Waals surface area contributed by atoms with Gasteiger partial charge in [-0.2, -0.15) is 0 Å². The zero-order chi connectivity index (χ0) is 13.5. The number of hydrogen-bond donors (Lipinski definition) is 2. The lowest BCUT2D eigenvalue weighted by molar-refractivity contribution is 0.194. The van der Waals surface area contributed by atoms with E-state index in [1.165, 1.54) is 25.8 Å². The molecule has 0 saturated carbocycles. The summed E-state index contributed by atoms with van der Waals surface area (Å²) in [5, 5.41) is 6.79. The molecule has 1 aromatic heterocycles. The number of nitrogens with zero attached hydrogens (tertiary/aromatic N) is 2. The van der Waals surface area contributed by atoms with Crippen LogP contribution in [0.5, 0.6) is 0 Å². The molecule has 0 aliphatic carbocycles. The summed E-state index contributed by atoms with van der Waals surface area (Å²) in [4.78, 5) is 7.03. The molecule has 2 heterocycles. The van der Waals surface area contributed by atoms with Crippen molar-refractivity contribution in [3.63, 3.8) is 0 Å². The van der Waals surface area contributed by atoms with Crippen LogP contribution in [0.3, 0.4) is 0 Å². The van der Waals surface area contributed by atoms with Gasteiger partial charge in [0.1, 0.15) is 11.6 Å². The van der Waals surface area contributed by atoms with E-state index in [0.29, 0.717) is 6.04 Å². The Bertz CT molecular complexity index is 380. The first-order valence-electron chi connectivity index (χ1n) is 7.44. The predicted octanol–water partition coefficient (Wildman–Crippen LogP) is 2.80. The molecule has 106 valence electrons. The summed E-state index contributed by atoms with van der Waals surface area (Å²) in [6.07, 6.45) is 5.09. The van der Waals surface area contributed by atoms with Gasteiger partial charge in [0, 0.05) is 19.1 Å². The number of hydrogen-bond acceptors (Lipinski definition) is 4. The Hall–Kier alpha value is -1.29. The summed E-state index contributed by atoms with van der Waals surface area (Å²) in [6.45, 7) is 5.34. The Labute approximate surface area is 116 Å². The third kappa shape index (κ3) is 4.39. The molecule has 0 bridgehead atoms. The monoisotopic (exact) mass is 262 g/mol. The Morgan fingerprint density at radius 2 is 2.05 bits per heavy atom. The average Bonchev–Trinajstić information content (AvgIpc) is 2.45. The fourth-order valence-corrected chi connectivity index (χ4v) is 2.51. The Morgan fingerprint density at radius 1 is 1.26 bits per heavy atom. The molecule has 1 atom stereocenters. The first kappa shape index (κ1) is 14.1. The molecular weight excluding hydrogens is 236 g/mol. The topological polar surface area (TPSA) is 40.2 Å². The lowest BCUT2D eigenvalue weighted by Gasteiger charge is -2.32. The van der Waals surface area contributed by atoms with Gasteiger partial charge in [0.2, 0.25) is 0 Å². The second-order valence-corrected chi connectivity index (χ2v) is 5.35. The van der Waals surface area contributed by atoms with Crippen LogP contribution in [-0.4, -0.2) is 42.6 Å². The minimum absolute atomic E-state index is 0.641. The van der Waals surface area contributed by atoms with Gasteiger partial charge in [-0.3, -0.25) is 0 Å². The standard InChI is InChI=1S/C15H26N4/c1-3-10-16-14-8-6-9-15(18-14)17-12-13-7-4-5-11-19(13)2/h6,8-9,13H,3-5,7,10-12H2,1-2H3,(H2,16,17,18). The number of rotatable bonds is 6. The van der Waals surface area contributed by atoms with Gasteiger partial charge >= 0.3 is 0 Å². The van der Waals surface area contributed by atoms with Gasteiger partial charge in [-0.05, 0) is 45.0 Å². The number of aromatic nitrogens is 1. The van der Waals surface area contributed by atoms with Crippen LogP contribution < -0.4 is 10.6 Å². The first-order valence-corrected chi connectivity index (χ1v) is 7.44. The van der Waals surface area contributed by atoms with Crippen LogP contribution in [0, 0.1) is 0 Å². The zero-order valence-electron chi connectivity index (χ0n) is 12.2. The SMILES string of the molecule is CCCNc1cccc(NCC2CCCCN2C)n1. The zero-order valence-corrected chi connectivity index (χ0v) is 12.2. The van der Waals surface area contributed by atoms with E-state index in [-0.39, 0.29) is 0 Å². The van der Waals surface area contributed by atoms with E-state index >= 15 is 0 Å². The third-order valence-corrected chi connectivity index (χ3v) is 3.75. The highest BCUT2D eigenvalue weighted by Gasteiger charge is 2.18. The number of likely N-dealkylation sites (N-methyl/N-ethyl adjacent to an activating group) is 1. The molecule has 0 spiro atoms. The fraction of sp³-hybridized carbons (Fsp3) is 0.667. The molecule has 2 N–H and O–H groups in total. The van der Waals surface area contributed by atoms with Gasteiger partial charge in [-0.25, -0.2) is 4.98 Å². The Balaban J connectivity index is 1.84. The van der Waals surface area contributed by atoms with E-state index in [1.807, 2.05) is 12.1 Å². The van der Waals surface area contributed by atoms with Crippen molar-refractivity contribution in [2.45, 2.75) is 38.6 Å². The number of anilines is 2. The van der Waals surface area contributed by atoms with Gasteiger partial charge < -0.3 is 15.5 Å². The van der Waals surface area contributed by atoms with E-state index in [4.69, 9.17) is 0 Å². The van der Waals surface area contributed by atoms with Crippen molar-refractivity contribution < 1.29 is 0 Å². The lowest BCUT2D eigenvalue weighted by atomic mass is 10.0. The van der Waals surface area contributed by atoms with E-state index in [2.05, 4.69) is 40.6 Å². The Morgan fingerprint density at radius 3 is 2.79 bits per heavy atom. The second kappa shape index (κ2) is 7.34. The number of piperidine rings is 1. The summed E-state index contributed by atoms with van der Waals surface area (Å²) in [6, 6.07) is 6.76. The van der Waals surface area contributed by atoms with E-state index in [1.54, 1.807) is 0 Å². The first-order chi connectivity index (χ1) is 9.29. The van der Waals surface area contributed by atoms with Crippen molar-refractivity contribution in [1.29, 1.82) is 0 Å². The molecule has 19 heavy (non-hydrogen) atoms. The summed E-state index contributed by atoms with van der Waals surface area (Å²) in [5.41, 5.74) is 0. The average molecular weight is 262 g/mol. The maximum Gasteiger partial charge on any atom is 0.128 e. The van der Waals surface area contributed by atoms with Gasteiger partial charge in [-0.1, -0.05) is 19.4 Å². The number of likely N-dealkylation sites (tertiary alicyclic amines) is 1. The lowest BCUT2D eigenvalue weighted by Crippen LogP contribution is -2.40. The minimum atomic E-state index is 0.641. The van der Waals surface area contributed by atoms with Crippen LogP contribution in [-0.2, 0) is 0 Å². The number of pyridine rings is 1. The minimum Gasteiger partial charge on any atom is -0.370 e. The van der Waals surface area contributed by atoms with Crippen LogP contribution in [0.1, 0.15) is 32.6 Å². The van der Waals surface area contributed by atoms with Gasteiger partial charge in [0.15, 0.2) is 0 Å². The Kier molecular flexibility index (Phi) is 5.45. The molecule has 0 amide bonds. The van der Waals surface area contributed by atoms with Crippen molar-refractivity contribution in [2.24, 2.45) is 0 Å². The van der Waals surface area contributed by atoms with E-state index in [9.17, 15) is 0 Å². The predicted molar refractivity (Wildman–Crippen MR) is 81.8 cm³/mol. The molecule has 0 aromatic carbocycles. The third-order valence-electron chi connectivity index (χ3n) is 3.75. The van der Waals surface area contributed by atoms with Gasteiger partial charge in [-0.15, -0.1) is 0 Å². The summed E-state index contributed by atoms with van der Waals surface area (Å²) >= 11 is 0. The molecule has 1 aliphatic heterocycles. The van der Waals surface area contributed by atoms with E-state index < -0.39 is 0 Å². The van der Waals surface area contributed by atoms with Gasteiger partial charge in [0.25, 0.3) is 0 Å². The molecule has 1 aliphatic rings. The molecule has 0 radical (unpaired) electrons. The maximum absolute atomic E-state index is 4.58. The van der Waals surface area contributed by atoms with Crippen LogP contribution in [0.15, 0.2) is 18.2 Å². The molecule has 1 fully saturated rings. The van der Waals surface area contributed by atoms with Crippen LogP contribution in [0.25, 0.3) is 0 Å². The van der Waals surface area contributed by atoms with Crippen molar-refractivity contribution in [1.82, 2.24) is 9.88 Å². The van der Waals surface area contributed by atoms with Crippen LogP contribution >= 0.6 is 0 Å². The maximum atomic E-state index is 4.58. The second-order valence-electron chi connectivity index (χ2n) is 5.35. The summed E-state index contributed by atoms with van der Waals surface area (Å²) in [5.74, 6) is 1.93. The van der Waals surface area contributed by atoms with Crippen molar-refractivity contribution in [3.05, 3.63) is 18.2 Å². The highest BCUT2D eigenvalue weighted by molar-refractivity contribution is 5.45. The van der Waals surface area contributed by atoms with Crippen molar-refractivity contribution >= 4 is 11.6 Å². The summed E-state index contributed by atoms with van der Waals surface area (Å²) in [7, 11) is 2.22. The molecule has 4 nitrogen and oxygen atoms in total. The van der Waals surface area contributed by atoms with Gasteiger partial charge in [0.05, 0.1) is 0 Å². The fourth-order valence-electron chi connectivity index (χ4n) is 2.51. The largest absolute Gasteiger partial charge is 0.370 e. The molecular formula is C15H26N4.